The molecule has 116 valence electrons. The van der Waals surface area contributed by atoms with Crippen LogP contribution in [0.4, 0.5) is 4.79 Å². The predicted molar refractivity (Wildman–Crippen MR) is 76.8 cm³/mol. The van der Waals surface area contributed by atoms with Crippen LogP contribution >= 0.6 is 0 Å². The van der Waals surface area contributed by atoms with E-state index in [0.29, 0.717) is 19.0 Å². The van der Waals surface area contributed by atoms with Crippen LogP contribution in [0, 0.1) is 12.8 Å². The van der Waals surface area contributed by atoms with E-state index in [9.17, 15) is 9.90 Å². The Morgan fingerprint density at radius 3 is 3.00 bits per heavy atom. The first-order chi connectivity index (χ1) is 10.0. The molecule has 2 heterocycles. The number of aryl methyl sites for hydroxylation is 2. The van der Waals surface area contributed by atoms with E-state index in [1.807, 2.05) is 11.6 Å². The number of nitrogens with one attached hydrogen (secondary N) is 1. The van der Waals surface area contributed by atoms with E-state index in [-0.39, 0.29) is 12.1 Å². The Labute approximate surface area is 124 Å². The lowest BCUT2D eigenvalue weighted by Crippen LogP contribution is -2.48. The lowest BCUT2D eigenvalue weighted by molar-refractivity contribution is 0.112. The van der Waals surface area contributed by atoms with Gasteiger partial charge in [0, 0.05) is 20.0 Å². The molecule has 2 unspecified atom stereocenters. The number of aliphatic hydroxyl groups excluding tert-OH is 1. The molecule has 7 nitrogen and oxygen atoms in total. The van der Waals surface area contributed by atoms with Crippen molar-refractivity contribution in [3.8, 4) is 0 Å². The van der Waals surface area contributed by atoms with Crippen molar-refractivity contribution in [1.82, 2.24) is 25.0 Å². The number of aliphatic hydroxyl groups is 1. The molecule has 2 N–H and O–H groups in total. The molecule has 21 heavy (non-hydrogen) atoms. The summed E-state index contributed by atoms with van der Waals surface area (Å²) in [5.74, 6) is 2.16. The number of hydrogen-bond donors (Lipinski definition) is 2. The van der Waals surface area contributed by atoms with Gasteiger partial charge in [0.1, 0.15) is 11.6 Å². The molecular weight excluding hydrogens is 270 g/mol. The Morgan fingerprint density at radius 1 is 1.52 bits per heavy atom. The molecule has 1 saturated carbocycles. The topological polar surface area (TPSA) is 83.3 Å². The molecule has 2 aliphatic rings. The SMILES string of the molecule is Cc1nc2n(n1)CC(NC(=O)N(C)CC(O)C1CC1)CC2. The smallest absolute Gasteiger partial charge is 0.317 e. The highest BCUT2D eigenvalue weighted by atomic mass is 16.3. The zero-order chi connectivity index (χ0) is 15.0. The van der Waals surface area contributed by atoms with Gasteiger partial charge in [-0.2, -0.15) is 5.10 Å². The first-order valence-electron chi connectivity index (χ1n) is 7.63. The summed E-state index contributed by atoms with van der Waals surface area (Å²) in [4.78, 5) is 18.1. The molecule has 1 fully saturated rings. The number of carbonyl (C=O) groups is 1. The van der Waals surface area contributed by atoms with Crippen LogP contribution in [0.25, 0.3) is 0 Å². The number of likely N-dealkylation sites (N-methyl/N-ethyl adjacent to an activating group) is 1. The van der Waals surface area contributed by atoms with Crippen LogP contribution in [0.1, 0.15) is 30.9 Å². The van der Waals surface area contributed by atoms with Crippen molar-refractivity contribution in [1.29, 1.82) is 0 Å². The third kappa shape index (κ3) is 3.34. The van der Waals surface area contributed by atoms with Gasteiger partial charge in [-0.25, -0.2) is 14.5 Å². The maximum atomic E-state index is 12.2. The van der Waals surface area contributed by atoms with E-state index in [2.05, 4.69) is 15.4 Å². The van der Waals surface area contributed by atoms with Crippen molar-refractivity contribution in [2.24, 2.45) is 5.92 Å². The highest BCUT2D eigenvalue weighted by Crippen LogP contribution is 2.32. The quantitative estimate of drug-likeness (QED) is 0.837. The summed E-state index contributed by atoms with van der Waals surface area (Å²) in [5, 5.41) is 17.3. The number of nitrogens with zero attached hydrogens (tertiary/aromatic N) is 4. The lowest BCUT2D eigenvalue weighted by atomic mass is 10.1. The molecule has 0 radical (unpaired) electrons. The van der Waals surface area contributed by atoms with Gasteiger partial charge in [0.25, 0.3) is 0 Å². The summed E-state index contributed by atoms with van der Waals surface area (Å²) in [7, 11) is 1.73. The number of fused-ring (bicyclic) bond motifs is 1. The standard InChI is InChI=1S/C14H23N5O2/c1-9-15-13-6-5-11(7-19(13)17-9)16-14(21)18(2)8-12(20)10-3-4-10/h10-12,20H,3-8H2,1-2H3,(H,16,21). The van der Waals surface area contributed by atoms with Crippen molar-refractivity contribution in [2.75, 3.05) is 13.6 Å². The summed E-state index contributed by atoms with van der Waals surface area (Å²) < 4.78 is 1.88. The fourth-order valence-corrected chi connectivity index (χ4v) is 2.83. The highest BCUT2D eigenvalue weighted by Gasteiger charge is 2.31. The van der Waals surface area contributed by atoms with E-state index in [4.69, 9.17) is 0 Å². The zero-order valence-corrected chi connectivity index (χ0v) is 12.6. The molecule has 1 aliphatic heterocycles. The van der Waals surface area contributed by atoms with Crippen molar-refractivity contribution >= 4 is 6.03 Å². The van der Waals surface area contributed by atoms with E-state index < -0.39 is 6.10 Å². The molecule has 0 saturated heterocycles. The van der Waals surface area contributed by atoms with E-state index in [1.165, 1.54) is 0 Å². The Balaban J connectivity index is 1.50. The number of amides is 2. The molecule has 0 aromatic carbocycles. The highest BCUT2D eigenvalue weighted by molar-refractivity contribution is 5.74. The van der Waals surface area contributed by atoms with E-state index in [1.54, 1.807) is 11.9 Å². The lowest BCUT2D eigenvalue weighted by Gasteiger charge is -2.27. The summed E-state index contributed by atoms with van der Waals surface area (Å²) in [6, 6.07) is -0.0494. The maximum Gasteiger partial charge on any atom is 0.317 e. The van der Waals surface area contributed by atoms with Gasteiger partial charge in [-0.3, -0.25) is 0 Å². The van der Waals surface area contributed by atoms with Crippen LogP contribution in [0.3, 0.4) is 0 Å². The molecular formula is C14H23N5O2. The second kappa shape index (κ2) is 5.63. The fraction of sp³-hybridized carbons (Fsp3) is 0.786. The minimum absolute atomic E-state index is 0.0756. The van der Waals surface area contributed by atoms with Crippen LogP contribution in [0.2, 0.25) is 0 Å². The molecule has 7 heteroatoms. The molecule has 2 atom stereocenters. The Bertz CT molecular complexity index is 525. The Kier molecular flexibility index (Phi) is 3.84. The fourth-order valence-electron chi connectivity index (χ4n) is 2.83. The van der Waals surface area contributed by atoms with Gasteiger partial charge < -0.3 is 15.3 Å². The third-order valence-corrected chi connectivity index (χ3v) is 4.27. The molecule has 2 amide bonds. The zero-order valence-electron chi connectivity index (χ0n) is 12.6. The molecule has 3 rings (SSSR count). The van der Waals surface area contributed by atoms with E-state index in [0.717, 1.165) is 37.3 Å². The van der Waals surface area contributed by atoms with Crippen LogP contribution in [0.5, 0.6) is 0 Å². The maximum absolute atomic E-state index is 12.2. The summed E-state index contributed by atoms with van der Waals surface area (Å²) in [5.41, 5.74) is 0. The first-order valence-corrected chi connectivity index (χ1v) is 7.63. The number of hydrogen-bond acceptors (Lipinski definition) is 4. The van der Waals surface area contributed by atoms with Gasteiger partial charge in [-0.15, -0.1) is 0 Å². The predicted octanol–water partition coefficient (Wildman–Crippen LogP) is 0.314. The Morgan fingerprint density at radius 2 is 2.29 bits per heavy atom. The van der Waals surface area contributed by atoms with Crippen molar-refractivity contribution in [3.63, 3.8) is 0 Å². The van der Waals surface area contributed by atoms with Gasteiger partial charge in [0.05, 0.1) is 18.7 Å². The van der Waals surface area contributed by atoms with Crippen LogP contribution < -0.4 is 5.32 Å². The summed E-state index contributed by atoms with van der Waals surface area (Å²) in [6.07, 6.45) is 3.47. The average Bonchev–Trinajstić information content (AvgIpc) is 3.20. The second-order valence-corrected chi connectivity index (χ2v) is 6.23. The number of rotatable bonds is 4. The van der Waals surface area contributed by atoms with Gasteiger partial charge >= 0.3 is 6.03 Å². The van der Waals surface area contributed by atoms with Crippen LogP contribution in [0.15, 0.2) is 0 Å². The molecule has 1 aromatic heterocycles. The minimum atomic E-state index is -0.392. The summed E-state index contributed by atoms with van der Waals surface area (Å²) >= 11 is 0. The molecule has 0 spiro atoms. The third-order valence-electron chi connectivity index (χ3n) is 4.27. The second-order valence-electron chi connectivity index (χ2n) is 6.23. The van der Waals surface area contributed by atoms with Crippen molar-refractivity contribution in [2.45, 2.75) is 51.3 Å². The van der Waals surface area contributed by atoms with Crippen LogP contribution in [-0.2, 0) is 13.0 Å². The largest absolute Gasteiger partial charge is 0.391 e. The van der Waals surface area contributed by atoms with Gasteiger partial charge in [-0.05, 0) is 32.1 Å². The molecule has 1 aliphatic carbocycles. The first kappa shape index (κ1) is 14.3. The van der Waals surface area contributed by atoms with E-state index >= 15 is 0 Å². The van der Waals surface area contributed by atoms with Crippen molar-refractivity contribution in [3.05, 3.63) is 11.6 Å². The van der Waals surface area contributed by atoms with Crippen LogP contribution in [-0.4, -0.2) is 56.5 Å². The van der Waals surface area contributed by atoms with Gasteiger partial charge in [0.15, 0.2) is 0 Å². The van der Waals surface area contributed by atoms with Crippen molar-refractivity contribution < 1.29 is 9.90 Å². The minimum Gasteiger partial charge on any atom is -0.391 e. The number of aromatic nitrogens is 3. The Hall–Kier alpha value is -1.63. The molecule has 0 bridgehead atoms. The van der Waals surface area contributed by atoms with Gasteiger partial charge in [0.2, 0.25) is 0 Å². The normalized spacial score (nSPS) is 22.5. The number of carbonyl (C=O) groups excluding carboxylic acids is 1. The summed E-state index contributed by atoms with van der Waals surface area (Å²) in [6.45, 7) is 2.95. The van der Waals surface area contributed by atoms with Gasteiger partial charge in [-0.1, -0.05) is 0 Å². The average molecular weight is 293 g/mol. The monoisotopic (exact) mass is 293 g/mol. The number of urea groups is 1. The molecule has 1 aromatic rings.